The number of hydrogen-bond acceptors (Lipinski definition) is 3. The molecule has 1 aromatic heterocycles. The van der Waals surface area contributed by atoms with Crippen molar-refractivity contribution in [1.29, 1.82) is 0 Å². The summed E-state index contributed by atoms with van der Waals surface area (Å²) in [7, 11) is 3.86. The lowest BCUT2D eigenvalue weighted by Crippen LogP contribution is -2.10. The predicted molar refractivity (Wildman–Crippen MR) is 60.8 cm³/mol. The Bertz CT molecular complexity index is 363. The molecule has 0 aromatic carbocycles. The maximum absolute atomic E-state index is 11.7. The van der Waals surface area contributed by atoms with Crippen molar-refractivity contribution in [3.63, 3.8) is 0 Å². The molecule has 0 N–H and O–H groups in total. The van der Waals surface area contributed by atoms with Gasteiger partial charge >= 0.3 is 0 Å². The number of thiophene rings is 1. The van der Waals surface area contributed by atoms with E-state index in [1.54, 1.807) is 6.08 Å². The van der Waals surface area contributed by atoms with Gasteiger partial charge in [-0.3, -0.25) is 4.79 Å². The zero-order valence-corrected chi connectivity index (χ0v) is 9.81. The van der Waals surface area contributed by atoms with E-state index in [0.29, 0.717) is 0 Å². The molecule has 0 amide bonds. The lowest BCUT2D eigenvalue weighted by molar-refractivity contribution is 0.104. The van der Waals surface area contributed by atoms with Crippen LogP contribution in [0.5, 0.6) is 0 Å². The van der Waals surface area contributed by atoms with Gasteiger partial charge in [-0.1, -0.05) is 0 Å². The fourth-order valence-electron chi connectivity index (χ4n) is 1.01. The summed E-state index contributed by atoms with van der Waals surface area (Å²) in [4.78, 5) is 14.5. The molecular weight excluding hydrogens is 194 g/mol. The van der Waals surface area contributed by atoms with Crippen molar-refractivity contribution in [1.82, 2.24) is 4.90 Å². The Hall–Kier alpha value is -1.09. The average molecular weight is 209 g/mol. The molecule has 0 bridgehead atoms. The first-order valence-electron chi connectivity index (χ1n) is 4.46. The molecule has 0 radical (unpaired) electrons. The Morgan fingerprint density at radius 2 is 2.14 bits per heavy atom. The maximum atomic E-state index is 11.7. The first-order valence-corrected chi connectivity index (χ1v) is 5.34. The first-order chi connectivity index (χ1) is 6.52. The smallest absolute Gasteiger partial charge is 0.197 e. The van der Waals surface area contributed by atoms with E-state index >= 15 is 0 Å². The summed E-state index contributed by atoms with van der Waals surface area (Å²) in [5.41, 5.74) is 2.03. The number of hydrogen-bond donors (Lipinski definition) is 0. The highest BCUT2D eigenvalue weighted by Gasteiger charge is 2.08. The van der Waals surface area contributed by atoms with Gasteiger partial charge < -0.3 is 4.90 Å². The van der Waals surface area contributed by atoms with Crippen molar-refractivity contribution in [2.24, 2.45) is 0 Å². The van der Waals surface area contributed by atoms with Crippen molar-refractivity contribution >= 4 is 17.1 Å². The molecule has 0 saturated carbocycles. The summed E-state index contributed by atoms with van der Waals surface area (Å²) >= 11 is 1.50. The Kier molecular flexibility index (Phi) is 3.47. The van der Waals surface area contributed by atoms with Crippen LogP contribution >= 0.6 is 11.3 Å². The molecule has 1 rings (SSSR count). The topological polar surface area (TPSA) is 20.3 Å². The van der Waals surface area contributed by atoms with Gasteiger partial charge in [0, 0.05) is 25.9 Å². The Morgan fingerprint density at radius 1 is 1.50 bits per heavy atom. The molecule has 0 aliphatic carbocycles. The fourth-order valence-corrected chi connectivity index (χ4v) is 1.85. The van der Waals surface area contributed by atoms with E-state index in [-0.39, 0.29) is 5.78 Å². The summed E-state index contributed by atoms with van der Waals surface area (Å²) < 4.78 is 0. The predicted octanol–water partition coefficient (Wildman–Crippen LogP) is 2.70. The van der Waals surface area contributed by atoms with Crippen LogP contribution in [-0.4, -0.2) is 24.8 Å². The molecule has 1 heterocycles. The number of ketones is 1. The van der Waals surface area contributed by atoms with Crippen molar-refractivity contribution < 1.29 is 4.79 Å². The van der Waals surface area contributed by atoms with Crippen LogP contribution in [0.3, 0.4) is 0 Å². The minimum absolute atomic E-state index is 0.101. The number of aryl methyl sites for hydroxylation is 1. The van der Waals surface area contributed by atoms with Crippen LogP contribution in [0.1, 0.15) is 22.2 Å². The minimum Gasteiger partial charge on any atom is -0.381 e. The SMILES string of the molecule is C/C(=C/C(=O)c1sccc1C)N(C)C. The van der Waals surface area contributed by atoms with Gasteiger partial charge in [-0.25, -0.2) is 0 Å². The van der Waals surface area contributed by atoms with Gasteiger partial charge in [0.05, 0.1) is 4.88 Å². The van der Waals surface area contributed by atoms with Crippen LogP contribution in [0.2, 0.25) is 0 Å². The van der Waals surface area contributed by atoms with E-state index in [9.17, 15) is 4.79 Å². The summed E-state index contributed by atoms with van der Waals surface area (Å²) in [6.07, 6.45) is 1.68. The molecule has 0 fully saturated rings. The summed E-state index contributed by atoms with van der Waals surface area (Å²) in [6.45, 7) is 3.89. The standard InChI is InChI=1S/C11H15NOS/c1-8-5-6-14-11(8)10(13)7-9(2)12(3)4/h5-7H,1-4H3/b9-7-. The molecule has 76 valence electrons. The lowest BCUT2D eigenvalue weighted by Gasteiger charge is -2.11. The van der Waals surface area contributed by atoms with Gasteiger partial charge in [-0.2, -0.15) is 0 Å². The van der Waals surface area contributed by atoms with Crippen LogP contribution in [0.25, 0.3) is 0 Å². The van der Waals surface area contributed by atoms with Crippen LogP contribution < -0.4 is 0 Å². The molecule has 14 heavy (non-hydrogen) atoms. The third kappa shape index (κ3) is 2.45. The number of carbonyl (C=O) groups is 1. The minimum atomic E-state index is 0.101. The van der Waals surface area contributed by atoms with Gasteiger partial charge in [0.1, 0.15) is 0 Å². The molecule has 0 spiro atoms. The van der Waals surface area contributed by atoms with Gasteiger partial charge in [0.15, 0.2) is 5.78 Å². The second-order valence-corrected chi connectivity index (χ2v) is 4.39. The second-order valence-electron chi connectivity index (χ2n) is 3.48. The highest BCUT2D eigenvalue weighted by molar-refractivity contribution is 7.12. The van der Waals surface area contributed by atoms with Crippen molar-refractivity contribution in [2.75, 3.05) is 14.1 Å². The van der Waals surface area contributed by atoms with E-state index in [2.05, 4.69) is 0 Å². The highest BCUT2D eigenvalue weighted by Crippen LogP contribution is 2.17. The van der Waals surface area contributed by atoms with Crippen molar-refractivity contribution in [3.8, 4) is 0 Å². The zero-order valence-electron chi connectivity index (χ0n) is 9.00. The van der Waals surface area contributed by atoms with Crippen molar-refractivity contribution in [2.45, 2.75) is 13.8 Å². The van der Waals surface area contributed by atoms with Crippen LogP contribution in [0.15, 0.2) is 23.2 Å². The van der Waals surface area contributed by atoms with Crippen LogP contribution in [0, 0.1) is 6.92 Å². The summed E-state index contributed by atoms with van der Waals surface area (Å²) in [6, 6.07) is 1.97. The number of nitrogens with zero attached hydrogens (tertiary/aromatic N) is 1. The third-order valence-electron chi connectivity index (χ3n) is 2.13. The number of allylic oxidation sites excluding steroid dienone is 2. The van der Waals surface area contributed by atoms with E-state index < -0.39 is 0 Å². The van der Waals surface area contributed by atoms with Gasteiger partial charge in [0.25, 0.3) is 0 Å². The number of carbonyl (C=O) groups excluding carboxylic acids is 1. The molecular formula is C11H15NOS. The molecule has 0 saturated heterocycles. The van der Waals surface area contributed by atoms with E-state index in [4.69, 9.17) is 0 Å². The molecule has 0 aliphatic rings. The molecule has 1 aromatic rings. The Labute approximate surface area is 88.9 Å². The largest absolute Gasteiger partial charge is 0.381 e. The maximum Gasteiger partial charge on any atom is 0.197 e. The van der Waals surface area contributed by atoms with E-state index in [1.165, 1.54) is 11.3 Å². The Balaban J connectivity index is 2.88. The average Bonchev–Trinajstić information content (AvgIpc) is 2.51. The lowest BCUT2D eigenvalue weighted by atomic mass is 10.2. The fraction of sp³-hybridized carbons (Fsp3) is 0.364. The third-order valence-corrected chi connectivity index (χ3v) is 3.16. The van der Waals surface area contributed by atoms with E-state index in [1.807, 2.05) is 44.3 Å². The number of rotatable bonds is 3. The van der Waals surface area contributed by atoms with Crippen molar-refractivity contribution in [3.05, 3.63) is 33.7 Å². The molecule has 0 unspecified atom stereocenters. The molecule has 2 nitrogen and oxygen atoms in total. The molecule has 3 heteroatoms. The van der Waals surface area contributed by atoms with E-state index in [0.717, 1.165) is 16.1 Å². The Morgan fingerprint density at radius 3 is 2.57 bits per heavy atom. The monoisotopic (exact) mass is 209 g/mol. The second kappa shape index (κ2) is 4.42. The molecule has 0 atom stereocenters. The van der Waals surface area contributed by atoms with Gasteiger partial charge in [-0.05, 0) is 30.9 Å². The quantitative estimate of drug-likeness (QED) is 0.563. The zero-order chi connectivity index (χ0) is 10.7. The molecule has 0 aliphatic heterocycles. The summed E-state index contributed by atoms with van der Waals surface area (Å²) in [5, 5.41) is 1.95. The van der Waals surface area contributed by atoms with Crippen LogP contribution in [0.4, 0.5) is 0 Å². The van der Waals surface area contributed by atoms with Crippen LogP contribution in [-0.2, 0) is 0 Å². The highest BCUT2D eigenvalue weighted by atomic mass is 32.1. The first kappa shape index (κ1) is 11.0. The summed E-state index contributed by atoms with van der Waals surface area (Å²) in [5.74, 6) is 0.101. The van der Waals surface area contributed by atoms with Gasteiger partial charge in [0.2, 0.25) is 0 Å². The van der Waals surface area contributed by atoms with Gasteiger partial charge in [-0.15, -0.1) is 11.3 Å². The normalized spacial score (nSPS) is 11.6.